The minimum atomic E-state index is -0.0389. The van der Waals surface area contributed by atoms with Crippen LogP contribution in [0.25, 0.3) is 0 Å². The van der Waals surface area contributed by atoms with Crippen molar-refractivity contribution >= 4 is 17.8 Å². The topological polar surface area (TPSA) is 76.6 Å². The third-order valence-electron chi connectivity index (χ3n) is 16.8. The Morgan fingerprint density at radius 1 is 0.351 bits per heavy atom. The van der Waals surface area contributed by atoms with Crippen molar-refractivity contribution in [3.8, 4) is 0 Å². The Labute approximate surface area is 460 Å². The van der Waals surface area contributed by atoms with Gasteiger partial charge in [0, 0.05) is 52.2 Å². The lowest BCUT2D eigenvalue weighted by Gasteiger charge is -2.37. The maximum Gasteiger partial charge on any atom is 0.305 e. The van der Waals surface area contributed by atoms with Crippen molar-refractivity contribution in [3.63, 3.8) is 0 Å². The largest absolute Gasteiger partial charge is 0.465 e. The zero-order valence-electron chi connectivity index (χ0n) is 50.4. The highest BCUT2D eigenvalue weighted by Gasteiger charge is 2.39. The molecule has 2 aliphatic rings. The molecule has 9 nitrogen and oxygen atoms in total. The van der Waals surface area contributed by atoms with Crippen LogP contribution in [0.3, 0.4) is 0 Å². The van der Waals surface area contributed by atoms with Crippen LogP contribution in [0, 0.1) is 11.8 Å². The lowest BCUT2D eigenvalue weighted by atomic mass is 10.1. The van der Waals surface area contributed by atoms with Crippen LogP contribution < -0.4 is 0 Å². The number of esters is 1. The van der Waals surface area contributed by atoms with E-state index >= 15 is 0 Å². The van der Waals surface area contributed by atoms with Crippen molar-refractivity contribution in [3.05, 3.63) is 0 Å². The van der Waals surface area contributed by atoms with E-state index in [1.54, 1.807) is 0 Å². The Hall–Kier alpha value is -1.71. The van der Waals surface area contributed by atoms with Crippen molar-refractivity contribution in [1.29, 1.82) is 0 Å². The molecule has 2 rings (SSSR count). The SMILES string of the molecule is CCCCCCCCCCCCCCN(CC(=O)N1CCN(C(=O)CN(CCCCCCCCC)CCN(CCCCCCCCC)CCCCCCCCC)CC1)CC1CC1COC(=O)CCCCCCCC. The summed E-state index contributed by atoms with van der Waals surface area (Å²) in [5.41, 5.74) is 0. The first-order chi connectivity index (χ1) is 36.3. The van der Waals surface area contributed by atoms with E-state index in [4.69, 9.17) is 4.74 Å². The van der Waals surface area contributed by atoms with Crippen LogP contribution in [-0.4, -0.2) is 134 Å². The third-order valence-corrected chi connectivity index (χ3v) is 16.8. The van der Waals surface area contributed by atoms with Gasteiger partial charge in [-0.1, -0.05) is 253 Å². The molecule has 2 amide bonds. The molecular weight excluding hydrogens is 915 g/mol. The van der Waals surface area contributed by atoms with Gasteiger partial charge in [0.1, 0.15) is 0 Å². The molecule has 436 valence electrons. The number of ether oxygens (including phenoxy) is 1. The van der Waals surface area contributed by atoms with Gasteiger partial charge in [-0.05, 0) is 76.5 Å². The molecular formula is C65H127N5O4. The molecule has 0 bridgehead atoms. The van der Waals surface area contributed by atoms with Gasteiger partial charge < -0.3 is 19.4 Å². The predicted molar refractivity (Wildman–Crippen MR) is 318 cm³/mol. The number of unbranched alkanes of at least 4 members (excludes halogenated alkanes) is 34. The fourth-order valence-corrected chi connectivity index (χ4v) is 11.4. The van der Waals surface area contributed by atoms with E-state index in [-0.39, 0.29) is 17.8 Å². The zero-order valence-corrected chi connectivity index (χ0v) is 50.4. The van der Waals surface area contributed by atoms with Crippen LogP contribution in [0.5, 0.6) is 0 Å². The monoisotopic (exact) mass is 1040 g/mol. The number of hydrogen-bond donors (Lipinski definition) is 0. The van der Waals surface area contributed by atoms with Gasteiger partial charge in [-0.25, -0.2) is 0 Å². The molecule has 0 aromatic rings. The first-order valence-electron chi connectivity index (χ1n) is 33.2. The summed E-state index contributed by atoms with van der Waals surface area (Å²) in [7, 11) is 0. The van der Waals surface area contributed by atoms with Gasteiger partial charge in [-0.2, -0.15) is 0 Å². The Balaban J connectivity index is 1.94. The summed E-state index contributed by atoms with van der Waals surface area (Å²) in [4.78, 5) is 52.5. The van der Waals surface area contributed by atoms with Gasteiger partial charge in [0.15, 0.2) is 0 Å². The van der Waals surface area contributed by atoms with Crippen LogP contribution in [0.15, 0.2) is 0 Å². The zero-order chi connectivity index (χ0) is 53.4. The lowest BCUT2D eigenvalue weighted by molar-refractivity contribution is -0.144. The maximum atomic E-state index is 14.1. The number of carbonyl (C=O) groups excluding carboxylic acids is 3. The van der Waals surface area contributed by atoms with E-state index in [1.165, 1.54) is 244 Å². The second-order valence-corrected chi connectivity index (χ2v) is 23.8. The minimum absolute atomic E-state index is 0.0389. The number of nitrogens with zero attached hydrogens (tertiary/aromatic N) is 5. The molecule has 2 fully saturated rings. The average Bonchev–Trinajstić information content (AvgIpc) is 4.16. The van der Waals surface area contributed by atoms with Gasteiger partial charge in [0.05, 0.1) is 19.7 Å². The Kier molecular flexibility index (Phi) is 45.8. The lowest BCUT2D eigenvalue weighted by Crippen LogP contribution is -2.54. The van der Waals surface area contributed by atoms with Crippen molar-refractivity contribution in [2.24, 2.45) is 11.8 Å². The van der Waals surface area contributed by atoms with Crippen LogP contribution in [0.4, 0.5) is 0 Å². The van der Waals surface area contributed by atoms with E-state index in [0.29, 0.717) is 64.1 Å². The molecule has 0 aromatic carbocycles. The summed E-state index contributed by atoms with van der Waals surface area (Å²) in [6, 6.07) is 0. The Morgan fingerprint density at radius 2 is 0.649 bits per heavy atom. The van der Waals surface area contributed by atoms with Crippen LogP contribution in [0.1, 0.15) is 298 Å². The molecule has 1 saturated heterocycles. The summed E-state index contributed by atoms with van der Waals surface area (Å²) in [5.74, 6) is 1.32. The fraction of sp³-hybridized carbons (Fsp3) is 0.954. The summed E-state index contributed by atoms with van der Waals surface area (Å²) in [6.07, 6.45) is 52.5. The standard InChI is InChI=1S/C65H127N5O4/c1-6-11-16-21-26-27-28-29-30-34-39-44-49-68(57-61-56-62(61)60-74-65(73)45-40-35-25-20-15-10-5)59-64(72)70-54-52-69(53-55-70)63(71)58-67(48-43-38-33-24-19-14-9-4)51-50-66(46-41-36-31-22-17-12-7-2)47-42-37-32-23-18-13-8-3/h61-62H,6-60H2,1-5H3. The van der Waals surface area contributed by atoms with E-state index in [0.717, 1.165) is 58.4 Å². The predicted octanol–water partition coefficient (Wildman–Crippen LogP) is 16.4. The maximum absolute atomic E-state index is 14.1. The highest BCUT2D eigenvalue weighted by molar-refractivity contribution is 5.80. The van der Waals surface area contributed by atoms with Gasteiger partial charge in [-0.3, -0.25) is 24.2 Å². The molecule has 1 aliphatic heterocycles. The molecule has 74 heavy (non-hydrogen) atoms. The molecule has 2 atom stereocenters. The molecule has 1 heterocycles. The normalized spacial score (nSPS) is 15.8. The molecule has 1 aliphatic carbocycles. The molecule has 9 heteroatoms. The highest BCUT2D eigenvalue weighted by atomic mass is 16.5. The highest BCUT2D eigenvalue weighted by Crippen LogP contribution is 2.39. The molecule has 0 spiro atoms. The van der Waals surface area contributed by atoms with Gasteiger partial charge in [0.25, 0.3) is 0 Å². The molecule has 2 unspecified atom stereocenters. The van der Waals surface area contributed by atoms with E-state index in [9.17, 15) is 14.4 Å². The third kappa shape index (κ3) is 38.8. The van der Waals surface area contributed by atoms with Crippen LogP contribution in [-0.2, 0) is 19.1 Å². The fourth-order valence-electron chi connectivity index (χ4n) is 11.4. The molecule has 0 radical (unpaired) electrons. The van der Waals surface area contributed by atoms with Gasteiger partial charge in [0.2, 0.25) is 11.8 Å². The summed E-state index contributed by atoms with van der Waals surface area (Å²) >= 11 is 0. The van der Waals surface area contributed by atoms with Crippen LogP contribution >= 0.6 is 0 Å². The summed E-state index contributed by atoms with van der Waals surface area (Å²) in [5, 5.41) is 0. The van der Waals surface area contributed by atoms with Crippen molar-refractivity contribution in [2.75, 3.05) is 91.7 Å². The number of hydrogen-bond acceptors (Lipinski definition) is 7. The quantitative estimate of drug-likeness (QED) is 0.0444. The van der Waals surface area contributed by atoms with Crippen molar-refractivity contribution < 1.29 is 19.1 Å². The summed E-state index contributed by atoms with van der Waals surface area (Å²) in [6.45, 7) is 22.7. The second-order valence-electron chi connectivity index (χ2n) is 23.8. The number of amides is 2. The molecule has 0 N–H and O–H groups in total. The molecule has 1 saturated carbocycles. The Bertz CT molecular complexity index is 1260. The second kappa shape index (κ2) is 49.6. The van der Waals surface area contributed by atoms with Crippen molar-refractivity contribution in [1.82, 2.24) is 24.5 Å². The smallest absolute Gasteiger partial charge is 0.305 e. The number of carbonyl (C=O) groups is 3. The van der Waals surface area contributed by atoms with Gasteiger partial charge >= 0.3 is 5.97 Å². The van der Waals surface area contributed by atoms with E-state index in [2.05, 4.69) is 54.2 Å². The molecule has 0 aromatic heterocycles. The summed E-state index contributed by atoms with van der Waals surface area (Å²) < 4.78 is 5.77. The first-order valence-corrected chi connectivity index (χ1v) is 33.2. The number of piperazine rings is 1. The van der Waals surface area contributed by atoms with E-state index in [1.807, 2.05) is 4.90 Å². The van der Waals surface area contributed by atoms with E-state index < -0.39 is 0 Å². The van der Waals surface area contributed by atoms with Gasteiger partial charge in [-0.15, -0.1) is 0 Å². The first kappa shape index (κ1) is 68.4. The minimum Gasteiger partial charge on any atom is -0.465 e. The van der Waals surface area contributed by atoms with Crippen LogP contribution in [0.2, 0.25) is 0 Å². The number of rotatable bonds is 55. The Morgan fingerprint density at radius 3 is 1.03 bits per heavy atom. The average molecular weight is 1040 g/mol. The van der Waals surface area contributed by atoms with Crippen molar-refractivity contribution in [2.45, 2.75) is 298 Å².